The zero-order valence-electron chi connectivity index (χ0n) is 12.4. The molecule has 0 aliphatic carbocycles. The molecule has 0 radical (unpaired) electrons. The number of hydrogen-bond acceptors (Lipinski definition) is 4. The van der Waals surface area contributed by atoms with Crippen LogP contribution in [0.5, 0.6) is 5.75 Å². The largest absolute Gasteiger partial charge is 0.492 e. The van der Waals surface area contributed by atoms with Crippen LogP contribution in [0, 0.1) is 0 Å². The van der Waals surface area contributed by atoms with Crippen molar-refractivity contribution in [3.8, 4) is 5.75 Å². The standard InChI is InChI=1S/C14H22BrNO4S/c1-3-20-13-8-7-12(15)11-14(13)21(18,19)16(2)9-5-4-6-10-17/h7-8,11,17H,3-6,9-10H2,1-2H3. The molecule has 0 aromatic heterocycles. The van der Waals surface area contributed by atoms with Crippen LogP contribution in [0.25, 0.3) is 0 Å². The molecular weight excluding hydrogens is 358 g/mol. The molecule has 0 aliphatic heterocycles. The van der Waals surface area contributed by atoms with Crippen LogP contribution in [0.15, 0.2) is 27.6 Å². The Hall–Kier alpha value is -0.630. The van der Waals surface area contributed by atoms with E-state index < -0.39 is 10.0 Å². The van der Waals surface area contributed by atoms with Crippen LogP contribution >= 0.6 is 15.9 Å². The second-order valence-corrected chi connectivity index (χ2v) is 7.56. The van der Waals surface area contributed by atoms with Gasteiger partial charge in [-0.3, -0.25) is 0 Å². The Bertz CT molecular complexity index is 548. The number of hydrogen-bond donors (Lipinski definition) is 1. The maximum absolute atomic E-state index is 12.6. The van der Waals surface area contributed by atoms with Crippen molar-refractivity contribution in [2.24, 2.45) is 0 Å². The fourth-order valence-electron chi connectivity index (χ4n) is 1.87. The lowest BCUT2D eigenvalue weighted by Gasteiger charge is -2.19. The van der Waals surface area contributed by atoms with Crippen molar-refractivity contribution in [1.29, 1.82) is 0 Å². The summed E-state index contributed by atoms with van der Waals surface area (Å²) in [4.78, 5) is 0.170. The Labute approximate surface area is 135 Å². The molecule has 0 heterocycles. The molecule has 0 fully saturated rings. The van der Waals surface area contributed by atoms with Gasteiger partial charge in [0.15, 0.2) is 0 Å². The maximum atomic E-state index is 12.6. The highest BCUT2D eigenvalue weighted by molar-refractivity contribution is 9.10. The molecule has 0 unspecified atom stereocenters. The quantitative estimate of drug-likeness (QED) is 0.669. The number of nitrogens with zero attached hydrogens (tertiary/aromatic N) is 1. The molecule has 7 heteroatoms. The van der Waals surface area contributed by atoms with Crippen molar-refractivity contribution >= 4 is 26.0 Å². The average Bonchev–Trinajstić information content (AvgIpc) is 2.45. The summed E-state index contributed by atoms with van der Waals surface area (Å²) in [5, 5.41) is 8.74. The van der Waals surface area contributed by atoms with Crippen molar-refractivity contribution in [1.82, 2.24) is 4.31 Å². The van der Waals surface area contributed by atoms with Crippen molar-refractivity contribution < 1.29 is 18.3 Å². The van der Waals surface area contributed by atoms with E-state index >= 15 is 0 Å². The fourth-order valence-corrected chi connectivity index (χ4v) is 3.74. The third-order valence-electron chi connectivity index (χ3n) is 3.02. The minimum Gasteiger partial charge on any atom is -0.492 e. The monoisotopic (exact) mass is 379 g/mol. The number of aliphatic hydroxyl groups is 1. The second-order valence-electron chi connectivity index (χ2n) is 4.63. The normalized spacial score (nSPS) is 11.9. The van der Waals surface area contributed by atoms with E-state index in [9.17, 15) is 8.42 Å². The molecule has 0 spiro atoms. The Kier molecular flexibility index (Phi) is 7.65. The summed E-state index contributed by atoms with van der Waals surface area (Å²) < 4.78 is 32.7. The van der Waals surface area contributed by atoms with Gasteiger partial charge in [0.25, 0.3) is 0 Å². The summed E-state index contributed by atoms with van der Waals surface area (Å²) >= 11 is 3.30. The van der Waals surface area contributed by atoms with Crippen molar-refractivity contribution in [2.45, 2.75) is 31.1 Å². The van der Waals surface area contributed by atoms with Crippen LogP contribution in [0.1, 0.15) is 26.2 Å². The van der Waals surface area contributed by atoms with Crippen LogP contribution in [0.3, 0.4) is 0 Å². The van der Waals surface area contributed by atoms with E-state index in [0.29, 0.717) is 36.2 Å². The lowest BCUT2D eigenvalue weighted by molar-refractivity contribution is 0.281. The van der Waals surface area contributed by atoms with E-state index in [1.807, 2.05) is 6.92 Å². The van der Waals surface area contributed by atoms with Gasteiger partial charge in [0, 0.05) is 24.7 Å². The first kappa shape index (κ1) is 18.4. The summed E-state index contributed by atoms with van der Waals surface area (Å²) in [6.45, 7) is 2.78. The van der Waals surface area contributed by atoms with E-state index in [-0.39, 0.29) is 11.5 Å². The third-order valence-corrected chi connectivity index (χ3v) is 5.40. The smallest absolute Gasteiger partial charge is 0.246 e. The Morgan fingerprint density at radius 3 is 2.62 bits per heavy atom. The van der Waals surface area contributed by atoms with Crippen LogP contribution in [0.4, 0.5) is 0 Å². The molecule has 0 saturated carbocycles. The number of benzene rings is 1. The van der Waals surface area contributed by atoms with Gasteiger partial charge in [-0.25, -0.2) is 12.7 Å². The molecule has 1 aromatic carbocycles. The van der Waals surface area contributed by atoms with E-state index in [4.69, 9.17) is 9.84 Å². The topological polar surface area (TPSA) is 66.8 Å². The molecule has 5 nitrogen and oxygen atoms in total. The highest BCUT2D eigenvalue weighted by Gasteiger charge is 2.24. The highest BCUT2D eigenvalue weighted by Crippen LogP contribution is 2.29. The summed E-state index contributed by atoms with van der Waals surface area (Å²) in [5.74, 6) is 0.364. The molecule has 1 rings (SSSR count). The van der Waals surface area contributed by atoms with E-state index in [1.165, 1.54) is 4.31 Å². The first-order chi connectivity index (χ1) is 9.93. The van der Waals surface area contributed by atoms with Gasteiger partial charge in [-0.05, 0) is 44.4 Å². The lowest BCUT2D eigenvalue weighted by atomic mass is 10.2. The van der Waals surface area contributed by atoms with Crippen molar-refractivity contribution in [3.05, 3.63) is 22.7 Å². The van der Waals surface area contributed by atoms with E-state index in [1.54, 1.807) is 25.2 Å². The van der Waals surface area contributed by atoms with Gasteiger partial charge < -0.3 is 9.84 Å². The first-order valence-corrected chi connectivity index (χ1v) is 9.16. The first-order valence-electron chi connectivity index (χ1n) is 6.93. The molecular formula is C14H22BrNO4S. The molecule has 1 aromatic rings. The predicted molar refractivity (Wildman–Crippen MR) is 86.1 cm³/mol. The van der Waals surface area contributed by atoms with E-state index in [0.717, 1.165) is 6.42 Å². The van der Waals surface area contributed by atoms with Crippen LogP contribution in [-0.2, 0) is 10.0 Å². The predicted octanol–water partition coefficient (Wildman–Crippen LogP) is 2.63. The van der Waals surface area contributed by atoms with Gasteiger partial charge >= 0.3 is 0 Å². The minimum absolute atomic E-state index is 0.136. The SMILES string of the molecule is CCOc1ccc(Br)cc1S(=O)(=O)N(C)CCCCCO. The molecule has 0 atom stereocenters. The summed E-state index contributed by atoms with van der Waals surface area (Å²) in [6, 6.07) is 4.97. The molecule has 21 heavy (non-hydrogen) atoms. The van der Waals surface area contributed by atoms with Gasteiger partial charge in [-0.15, -0.1) is 0 Å². The molecule has 0 bridgehead atoms. The summed E-state index contributed by atoms with van der Waals surface area (Å²) in [6.07, 6.45) is 2.20. The average molecular weight is 380 g/mol. The molecule has 120 valence electrons. The maximum Gasteiger partial charge on any atom is 0.246 e. The molecule has 1 N–H and O–H groups in total. The zero-order valence-corrected chi connectivity index (χ0v) is 14.8. The number of halogens is 1. The number of unbranched alkanes of at least 4 members (excludes halogenated alkanes) is 2. The van der Waals surface area contributed by atoms with Gasteiger partial charge in [0.1, 0.15) is 10.6 Å². The number of sulfonamides is 1. The van der Waals surface area contributed by atoms with Crippen LogP contribution in [0.2, 0.25) is 0 Å². The van der Waals surface area contributed by atoms with Crippen molar-refractivity contribution in [2.75, 3.05) is 26.8 Å². The van der Waals surface area contributed by atoms with Gasteiger partial charge in [0.05, 0.1) is 6.61 Å². The van der Waals surface area contributed by atoms with Gasteiger partial charge in [0.2, 0.25) is 10.0 Å². The Balaban J connectivity index is 2.93. The Morgan fingerprint density at radius 1 is 1.29 bits per heavy atom. The van der Waals surface area contributed by atoms with Gasteiger partial charge in [-0.1, -0.05) is 15.9 Å². The minimum atomic E-state index is -3.59. The molecule has 0 amide bonds. The molecule has 0 aliphatic rings. The van der Waals surface area contributed by atoms with E-state index in [2.05, 4.69) is 15.9 Å². The number of rotatable bonds is 9. The fraction of sp³-hybridized carbons (Fsp3) is 0.571. The highest BCUT2D eigenvalue weighted by atomic mass is 79.9. The van der Waals surface area contributed by atoms with Crippen LogP contribution < -0.4 is 4.74 Å². The third kappa shape index (κ3) is 5.25. The Morgan fingerprint density at radius 2 is 2.00 bits per heavy atom. The number of aliphatic hydroxyl groups excluding tert-OH is 1. The summed E-state index contributed by atoms with van der Waals surface area (Å²) in [7, 11) is -2.03. The second kappa shape index (κ2) is 8.73. The van der Waals surface area contributed by atoms with Crippen molar-refractivity contribution in [3.63, 3.8) is 0 Å². The molecule has 0 saturated heterocycles. The van der Waals surface area contributed by atoms with Crippen LogP contribution in [-0.4, -0.2) is 44.6 Å². The number of ether oxygens (including phenoxy) is 1. The van der Waals surface area contributed by atoms with Gasteiger partial charge in [-0.2, -0.15) is 0 Å². The lowest BCUT2D eigenvalue weighted by Crippen LogP contribution is -2.28. The summed E-state index contributed by atoms with van der Waals surface area (Å²) in [5.41, 5.74) is 0. The zero-order chi connectivity index (χ0) is 15.9.